The summed E-state index contributed by atoms with van der Waals surface area (Å²) in [5.41, 5.74) is 1.82. The summed E-state index contributed by atoms with van der Waals surface area (Å²) in [5, 5.41) is 6.34. The Morgan fingerprint density at radius 3 is 3.04 bits per heavy atom. The fraction of sp³-hybridized carbons (Fsp3) is 0.412. The van der Waals surface area contributed by atoms with Gasteiger partial charge in [-0.25, -0.2) is 4.98 Å². The van der Waals surface area contributed by atoms with Crippen molar-refractivity contribution in [3.8, 4) is 11.5 Å². The van der Waals surface area contributed by atoms with Crippen LogP contribution in [0.1, 0.15) is 18.5 Å². The van der Waals surface area contributed by atoms with Crippen molar-refractivity contribution in [2.75, 3.05) is 18.8 Å². The molecule has 1 unspecified atom stereocenters. The molecule has 1 aliphatic heterocycles. The molecule has 5 nitrogen and oxygen atoms in total. The second kappa shape index (κ2) is 8.17. The van der Waals surface area contributed by atoms with E-state index in [9.17, 15) is 4.79 Å². The molecule has 2 aromatic rings. The third-order valence-corrected chi connectivity index (χ3v) is 4.73. The summed E-state index contributed by atoms with van der Waals surface area (Å²) in [7, 11) is 0. The van der Waals surface area contributed by atoms with E-state index < -0.39 is 0 Å². The van der Waals surface area contributed by atoms with Gasteiger partial charge < -0.3 is 15.1 Å². The number of aromatic nitrogens is 1. The van der Waals surface area contributed by atoms with Crippen LogP contribution >= 0.6 is 11.8 Å². The third kappa shape index (κ3) is 4.84. The number of carbonyl (C=O) groups is 1. The Hall–Kier alpha value is -1.79. The maximum absolute atomic E-state index is 11.8. The molecule has 1 amide bonds. The second-order valence-corrected chi connectivity index (χ2v) is 6.59. The van der Waals surface area contributed by atoms with Crippen molar-refractivity contribution in [1.82, 2.24) is 15.6 Å². The molecule has 1 aromatic carbocycles. The first-order valence-corrected chi connectivity index (χ1v) is 9.04. The highest BCUT2D eigenvalue weighted by atomic mass is 32.2. The first-order valence-electron chi connectivity index (χ1n) is 7.89. The van der Waals surface area contributed by atoms with Gasteiger partial charge in [-0.1, -0.05) is 18.2 Å². The number of nitrogens with one attached hydrogen (secondary N) is 2. The van der Waals surface area contributed by atoms with Crippen LogP contribution in [0.3, 0.4) is 0 Å². The van der Waals surface area contributed by atoms with E-state index in [1.807, 2.05) is 30.3 Å². The number of benzene rings is 1. The molecule has 122 valence electrons. The summed E-state index contributed by atoms with van der Waals surface area (Å²) >= 11 is 1.55. The summed E-state index contributed by atoms with van der Waals surface area (Å²) in [5.74, 6) is 1.82. The molecular weight excluding hydrogens is 310 g/mol. The maximum atomic E-state index is 11.8. The first kappa shape index (κ1) is 16.1. The van der Waals surface area contributed by atoms with E-state index in [4.69, 9.17) is 4.42 Å². The van der Waals surface area contributed by atoms with E-state index in [2.05, 4.69) is 15.6 Å². The molecule has 1 fully saturated rings. The molecule has 6 heteroatoms. The van der Waals surface area contributed by atoms with Crippen LogP contribution in [0.25, 0.3) is 11.5 Å². The molecule has 0 bridgehead atoms. The third-order valence-electron chi connectivity index (χ3n) is 3.76. The second-order valence-electron chi connectivity index (χ2n) is 5.60. The van der Waals surface area contributed by atoms with Crippen molar-refractivity contribution in [3.63, 3.8) is 0 Å². The monoisotopic (exact) mass is 331 g/mol. The zero-order valence-electron chi connectivity index (χ0n) is 13.0. The number of hydrogen-bond donors (Lipinski definition) is 2. The van der Waals surface area contributed by atoms with Gasteiger partial charge in [0, 0.05) is 23.9 Å². The van der Waals surface area contributed by atoms with E-state index in [0.29, 0.717) is 23.4 Å². The van der Waals surface area contributed by atoms with Gasteiger partial charge in [-0.05, 0) is 31.5 Å². The molecule has 1 aromatic heterocycles. The van der Waals surface area contributed by atoms with E-state index in [0.717, 1.165) is 30.8 Å². The van der Waals surface area contributed by atoms with Crippen LogP contribution in [0, 0.1) is 0 Å². The first-order chi connectivity index (χ1) is 11.3. The minimum atomic E-state index is 0.0791. The number of rotatable bonds is 7. The average Bonchev–Trinajstić information content (AvgIpc) is 3.26. The number of oxazole rings is 1. The van der Waals surface area contributed by atoms with E-state index in [1.165, 1.54) is 6.42 Å². The average molecular weight is 331 g/mol. The number of hydrogen-bond acceptors (Lipinski definition) is 5. The molecular formula is C17H21N3O2S. The highest BCUT2D eigenvalue weighted by molar-refractivity contribution is 7.99. The SMILES string of the molecule is O=C(CSCc1coc(-c2ccccc2)n1)NCC1CCCN1. The van der Waals surface area contributed by atoms with Gasteiger partial charge in [-0.3, -0.25) is 4.79 Å². The van der Waals surface area contributed by atoms with Crippen LogP contribution in [-0.2, 0) is 10.5 Å². The van der Waals surface area contributed by atoms with Gasteiger partial charge in [0.05, 0.1) is 11.4 Å². The molecule has 0 aliphatic carbocycles. The van der Waals surface area contributed by atoms with Gasteiger partial charge in [-0.15, -0.1) is 11.8 Å². The van der Waals surface area contributed by atoms with Crippen LogP contribution in [0.2, 0.25) is 0 Å². The smallest absolute Gasteiger partial charge is 0.230 e. The number of carbonyl (C=O) groups excluding carboxylic acids is 1. The summed E-state index contributed by atoms with van der Waals surface area (Å²) in [6.07, 6.45) is 4.01. The van der Waals surface area contributed by atoms with Crippen molar-refractivity contribution in [3.05, 3.63) is 42.3 Å². The fourth-order valence-electron chi connectivity index (χ4n) is 2.55. The molecule has 0 spiro atoms. The lowest BCUT2D eigenvalue weighted by Gasteiger charge is -2.10. The van der Waals surface area contributed by atoms with Gasteiger partial charge >= 0.3 is 0 Å². The lowest BCUT2D eigenvalue weighted by Crippen LogP contribution is -2.37. The summed E-state index contributed by atoms with van der Waals surface area (Å²) in [6, 6.07) is 10.2. The normalized spacial score (nSPS) is 17.3. The highest BCUT2D eigenvalue weighted by Gasteiger charge is 2.14. The lowest BCUT2D eigenvalue weighted by atomic mass is 10.2. The Morgan fingerprint density at radius 1 is 1.39 bits per heavy atom. The van der Waals surface area contributed by atoms with Crippen LogP contribution in [0.5, 0.6) is 0 Å². The molecule has 1 aliphatic rings. The molecule has 2 N–H and O–H groups in total. The Kier molecular flexibility index (Phi) is 5.71. The molecule has 1 atom stereocenters. The van der Waals surface area contributed by atoms with Crippen LogP contribution < -0.4 is 10.6 Å². The van der Waals surface area contributed by atoms with Gasteiger partial charge in [0.2, 0.25) is 11.8 Å². The lowest BCUT2D eigenvalue weighted by molar-refractivity contribution is -0.118. The Labute approximate surface area is 140 Å². The predicted molar refractivity (Wildman–Crippen MR) is 92.1 cm³/mol. The summed E-state index contributed by atoms with van der Waals surface area (Å²) < 4.78 is 5.49. The predicted octanol–water partition coefficient (Wildman–Crippen LogP) is 2.44. The van der Waals surface area contributed by atoms with Gasteiger partial charge in [0.25, 0.3) is 0 Å². The van der Waals surface area contributed by atoms with Crippen LogP contribution in [-0.4, -0.2) is 35.8 Å². The topological polar surface area (TPSA) is 67.2 Å². The van der Waals surface area contributed by atoms with Gasteiger partial charge in [0.1, 0.15) is 6.26 Å². The quantitative estimate of drug-likeness (QED) is 0.816. The molecule has 1 saturated heterocycles. The molecule has 0 saturated carbocycles. The van der Waals surface area contributed by atoms with Gasteiger partial charge in [0.15, 0.2) is 0 Å². The van der Waals surface area contributed by atoms with E-state index >= 15 is 0 Å². The van der Waals surface area contributed by atoms with E-state index in [1.54, 1.807) is 18.0 Å². The Balaban J connectivity index is 1.39. The van der Waals surface area contributed by atoms with Crippen molar-refractivity contribution < 1.29 is 9.21 Å². The minimum absolute atomic E-state index is 0.0791. The summed E-state index contributed by atoms with van der Waals surface area (Å²) in [4.78, 5) is 16.3. The standard InChI is InChI=1S/C17H21N3O2S/c21-16(19-9-14-7-4-8-18-14)12-23-11-15-10-22-17(20-15)13-5-2-1-3-6-13/h1-3,5-6,10,14,18H,4,7-9,11-12H2,(H,19,21). The molecule has 0 radical (unpaired) electrons. The molecule has 23 heavy (non-hydrogen) atoms. The van der Waals surface area contributed by atoms with Crippen molar-refractivity contribution in [1.29, 1.82) is 0 Å². The van der Waals surface area contributed by atoms with Crippen molar-refractivity contribution in [2.24, 2.45) is 0 Å². The van der Waals surface area contributed by atoms with E-state index in [-0.39, 0.29) is 5.91 Å². The Morgan fingerprint density at radius 2 is 2.26 bits per heavy atom. The zero-order valence-corrected chi connectivity index (χ0v) is 13.8. The minimum Gasteiger partial charge on any atom is -0.444 e. The van der Waals surface area contributed by atoms with Crippen molar-refractivity contribution in [2.45, 2.75) is 24.6 Å². The van der Waals surface area contributed by atoms with Gasteiger partial charge in [-0.2, -0.15) is 0 Å². The van der Waals surface area contributed by atoms with Crippen LogP contribution in [0.15, 0.2) is 41.0 Å². The zero-order chi connectivity index (χ0) is 15.9. The summed E-state index contributed by atoms with van der Waals surface area (Å²) in [6.45, 7) is 1.78. The molecule has 3 rings (SSSR count). The largest absolute Gasteiger partial charge is 0.444 e. The Bertz CT molecular complexity index is 624. The highest BCUT2D eigenvalue weighted by Crippen LogP contribution is 2.20. The molecule has 2 heterocycles. The maximum Gasteiger partial charge on any atom is 0.230 e. The van der Waals surface area contributed by atoms with Crippen LogP contribution in [0.4, 0.5) is 0 Å². The number of thioether (sulfide) groups is 1. The van der Waals surface area contributed by atoms with Crippen molar-refractivity contribution >= 4 is 17.7 Å². The number of amides is 1. The fourth-order valence-corrected chi connectivity index (χ4v) is 3.29. The number of nitrogens with zero attached hydrogens (tertiary/aromatic N) is 1.